The monoisotopic (exact) mass is 335 g/mol. The summed E-state index contributed by atoms with van der Waals surface area (Å²) in [6.45, 7) is 4.73. The minimum Gasteiger partial charge on any atom is -0.368 e. The Morgan fingerprint density at radius 1 is 1.21 bits per heavy atom. The van der Waals surface area contributed by atoms with Crippen LogP contribution in [0.4, 0.5) is 0 Å². The highest BCUT2D eigenvalue weighted by Crippen LogP contribution is 2.48. The van der Waals surface area contributed by atoms with E-state index in [1.54, 1.807) is 0 Å². The van der Waals surface area contributed by atoms with E-state index in [2.05, 4.69) is 10.6 Å². The maximum atomic E-state index is 13.0. The molecule has 2 saturated carbocycles. The minimum absolute atomic E-state index is 0.0661. The molecule has 4 atom stereocenters. The lowest BCUT2D eigenvalue weighted by Gasteiger charge is -2.39. The first kappa shape index (κ1) is 17.4. The van der Waals surface area contributed by atoms with Gasteiger partial charge in [0.15, 0.2) is 0 Å². The van der Waals surface area contributed by atoms with Crippen molar-refractivity contribution in [3.8, 4) is 0 Å². The molecule has 1 heterocycles. The number of nitrogens with one attached hydrogen (secondary N) is 2. The Morgan fingerprint density at radius 2 is 1.92 bits per heavy atom. The minimum atomic E-state index is -1.07. The van der Waals surface area contributed by atoms with Crippen molar-refractivity contribution in [3.05, 3.63) is 0 Å². The Labute approximate surface area is 143 Å². The van der Waals surface area contributed by atoms with Crippen LogP contribution < -0.4 is 16.4 Å². The van der Waals surface area contributed by atoms with Crippen molar-refractivity contribution in [2.24, 2.45) is 29.4 Å². The molecule has 134 valence electrons. The van der Waals surface area contributed by atoms with E-state index in [9.17, 15) is 14.4 Å². The maximum absolute atomic E-state index is 13.0. The summed E-state index contributed by atoms with van der Waals surface area (Å²) in [6, 6.07) is 0.126. The van der Waals surface area contributed by atoms with Crippen LogP contribution in [0.3, 0.4) is 0 Å². The molecule has 4 N–H and O–H groups in total. The summed E-state index contributed by atoms with van der Waals surface area (Å²) in [5.41, 5.74) is 4.77. The van der Waals surface area contributed by atoms with E-state index in [4.69, 9.17) is 5.73 Å². The summed E-state index contributed by atoms with van der Waals surface area (Å²) in [5.74, 6) is -1.53. The van der Waals surface area contributed by atoms with E-state index in [1.807, 2.05) is 13.8 Å². The number of carbonyl (C=O) groups is 3. The van der Waals surface area contributed by atoms with Crippen molar-refractivity contribution in [3.63, 3.8) is 0 Å². The Morgan fingerprint density at radius 3 is 2.50 bits per heavy atom. The number of ketones is 1. The molecular formula is C18H29N3O3. The van der Waals surface area contributed by atoms with Crippen LogP contribution in [0.15, 0.2) is 0 Å². The summed E-state index contributed by atoms with van der Waals surface area (Å²) >= 11 is 0. The van der Waals surface area contributed by atoms with Gasteiger partial charge in [-0.2, -0.15) is 0 Å². The molecule has 3 rings (SSSR count). The van der Waals surface area contributed by atoms with E-state index in [0.29, 0.717) is 18.9 Å². The zero-order valence-corrected chi connectivity index (χ0v) is 14.6. The van der Waals surface area contributed by atoms with Gasteiger partial charge in [-0.1, -0.05) is 20.3 Å². The fraction of sp³-hybridized carbons (Fsp3) is 0.833. The Bertz CT molecular complexity index is 544. The highest BCUT2D eigenvalue weighted by atomic mass is 16.2. The molecule has 0 bridgehead atoms. The molecule has 6 nitrogen and oxygen atoms in total. The molecule has 6 heteroatoms. The van der Waals surface area contributed by atoms with E-state index >= 15 is 0 Å². The summed E-state index contributed by atoms with van der Waals surface area (Å²) < 4.78 is 0. The average molecular weight is 335 g/mol. The van der Waals surface area contributed by atoms with Crippen molar-refractivity contribution < 1.29 is 14.4 Å². The van der Waals surface area contributed by atoms with Crippen molar-refractivity contribution >= 4 is 17.6 Å². The van der Waals surface area contributed by atoms with Gasteiger partial charge in [-0.15, -0.1) is 0 Å². The molecule has 1 aliphatic heterocycles. The normalized spacial score (nSPS) is 33.3. The van der Waals surface area contributed by atoms with Gasteiger partial charge in [-0.25, -0.2) is 0 Å². The van der Waals surface area contributed by atoms with Crippen molar-refractivity contribution in [1.82, 2.24) is 10.6 Å². The predicted molar refractivity (Wildman–Crippen MR) is 89.9 cm³/mol. The number of carbonyl (C=O) groups excluding carboxylic acids is 3. The maximum Gasteiger partial charge on any atom is 0.287 e. The SMILES string of the molecule is CC(C)C[C@H](C(=O)C(=O)NC1CC1)C1(C(N)=O)NCC2CCCC21. The second-order valence-corrected chi connectivity index (χ2v) is 8.21. The number of fused-ring (bicyclic) bond motifs is 1. The van der Waals surface area contributed by atoms with Gasteiger partial charge in [0.25, 0.3) is 5.91 Å². The molecule has 3 aliphatic rings. The molecule has 0 aromatic carbocycles. The molecule has 3 unspecified atom stereocenters. The van der Waals surface area contributed by atoms with Crippen LogP contribution in [0.25, 0.3) is 0 Å². The fourth-order valence-electron chi connectivity index (χ4n) is 4.75. The zero-order valence-electron chi connectivity index (χ0n) is 14.6. The smallest absolute Gasteiger partial charge is 0.287 e. The largest absolute Gasteiger partial charge is 0.368 e. The molecule has 3 fully saturated rings. The molecule has 0 aromatic heterocycles. The fourth-order valence-corrected chi connectivity index (χ4v) is 4.75. The Hall–Kier alpha value is -1.43. The first-order chi connectivity index (χ1) is 11.4. The van der Waals surface area contributed by atoms with Gasteiger partial charge < -0.3 is 16.4 Å². The van der Waals surface area contributed by atoms with E-state index in [1.165, 1.54) is 0 Å². The van der Waals surface area contributed by atoms with Gasteiger partial charge in [0.05, 0.1) is 5.92 Å². The lowest BCUT2D eigenvalue weighted by Crippen LogP contribution is -2.64. The number of primary amides is 1. The average Bonchev–Trinajstić information content (AvgIpc) is 3.07. The van der Waals surface area contributed by atoms with Gasteiger partial charge in [0.2, 0.25) is 11.7 Å². The number of nitrogens with two attached hydrogens (primary N) is 1. The van der Waals surface area contributed by atoms with E-state index in [-0.39, 0.29) is 17.9 Å². The summed E-state index contributed by atoms with van der Waals surface area (Å²) in [6.07, 6.45) is 5.37. The third kappa shape index (κ3) is 2.96. The lowest BCUT2D eigenvalue weighted by molar-refractivity contribution is -0.145. The number of amides is 2. The van der Waals surface area contributed by atoms with Crippen LogP contribution in [0.1, 0.15) is 52.4 Å². The second-order valence-electron chi connectivity index (χ2n) is 8.21. The van der Waals surface area contributed by atoms with Crippen molar-refractivity contribution in [1.29, 1.82) is 0 Å². The van der Waals surface area contributed by atoms with Crippen LogP contribution in [0.5, 0.6) is 0 Å². The van der Waals surface area contributed by atoms with Crippen molar-refractivity contribution in [2.45, 2.75) is 64.0 Å². The predicted octanol–water partition coefficient (Wildman–Crippen LogP) is 0.740. The van der Waals surface area contributed by atoms with Crippen LogP contribution in [0.2, 0.25) is 0 Å². The molecule has 0 spiro atoms. The first-order valence-electron chi connectivity index (χ1n) is 9.26. The number of rotatable bonds is 7. The van der Waals surface area contributed by atoms with Gasteiger partial charge in [0, 0.05) is 6.04 Å². The van der Waals surface area contributed by atoms with E-state index < -0.39 is 29.1 Å². The molecule has 2 amide bonds. The van der Waals surface area contributed by atoms with Crippen molar-refractivity contribution in [2.75, 3.05) is 6.54 Å². The molecule has 1 saturated heterocycles. The Kier molecular flexibility index (Phi) is 4.69. The van der Waals surface area contributed by atoms with Gasteiger partial charge >= 0.3 is 0 Å². The molecular weight excluding hydrogens is 306 g/mol. The molecule has 24 heavy (non-hydrogen) atoms. The summed E-state index contributed by atoms with van der Waals surface area (Å²) in [5, 5.41) is 6.08. The van der Waals surface area contributed by atoms with E-state index in [0.717, 1.165) is 32.1 Å². The molecule has 2 aliphatic carbocycles. The third-order valence-electron chi connectivity index (χ3n) is 6.02. The number of Topliss-reactive ketones (excluding diaryl/α,β-unsaturated/α-hetero) is 1. The third-order valence-corrected chi connectivity index (χ3v) is 6.02. The van der Waals surface area contributed by atoms with Crippen LogP contribution >= 0.6 is 0 Å². The van der Waals surface area contributed by atoms with Crippen LogP contribution in [-0.4, -0.2) is 35.7 Å². The standard InChI is InChI=1S/C18H29N3O3/c1-10(2)8-14(15(22)16(23)21-12-6-7-12)18(17(19)24)13-5-3-4-11(13)9-20-18/h10-14,20H,3-9H2,1-2H3,(H2,19,24)(H,21,23)/t11?,13?,14-,18?/m1/s1. The highest BCUT2D eigenvalue weighted by molar-refractivity contribution is 6.38. The number of hydrogen-bond donors (Lipinski definition) is 3. The number of hydrogen-bond acceptors (Lipinski definition) is 4. The van der Waals surface area contributed by atoms with Gasteiger partial charge in [-0.3, -0.25) is 14.4 Å². The Balaban J connectivity index is 1.91. The van der Waals surface area contributed by atoms with Crippen LogP contribution in [-0.2, 0) is 14.4 Å². The first-order valence-corrected chi connectivity index (χ1v) is 9.26. The second kappa shape index (κ2) is 6.47. The quantitative estimate of drug-likeness (QED) is 0.597. The zero-order chi connectivity index (χ0) is 17.5. The molecule has 0 aromatic rings. The summed E-state index contributed by atoms with van der Waals surface area (Å²) in [7, 11) is 0. The topological polar surface area (TPSA) is 101 Å². The highest BCUT2D eigenvalue weighted by Gasteiger charge is 2.60. The lowest BCUT2D eigenvalue weighted by atomic mass is 9.68. The molecule has 0 radical (unpaired) electrons. The van der Waals surface area contributed by atoms with Crippen LogP contribution in [0, 0.1) is 23.7 Å². The summed E-state index contributed by atoms with van der Waals surface area (Å²) in [4.78, 5) is 37.9. The van der Waals surface area contributed by atoms with Gasteiger partial charge in [0.1, 0.15) is 5.54 Å². The van der Waals surface area contributed by atoms with Gasteiger partial charge in [-0.05, 0) is 56.4 Å².